The quantitative estimate of drug-likeness (QED) is 0.309. The second-order valence-corrected chi connectivity index (χ2v) is 7.41. The van der Waals surface area contributed by atoms with Gasteiger partial charge in [-0.3, -0.25) is 4.90 Å². The Morgan fingerprint density at radius 2 is 1.69 bits per heavy atom. The Morgan fingerprint density at radius 1 is 1.03 bits per heavy atom. The van der Waals surface area contributed by atoms with Crippen molar-refractivity contribution in [2.24, 2.45) is 4.99 Å². The number of benzene rings is 2. The van der Waals surface area contributed by atoms with Crippen LogP contribution in [-0.4, -0.2) is 67.8 Å². The fourth-order valence-electron chi connectivity index (χ4n) is 3.61. The Balaban J connectivity index is 0.00000363. The molecule has 32 heavy (non-hydrogen) atoms. The van der Waals surface area contributed by atoms with Gasteiger partial charge >= 0.3 is 0 Å². The first-order valence-electron chi connectivity index (χ1n) is 10.5. The second kappa shape index (κ2) is 12.7. The lowest BCUT2D eigenvalue weighted by Gasteiger charge is -2.36. The standard InChI is InChI=1S/C23H31FN4O3.HI/c1-4-25-23(26-15-17-5-8-22(31-3)20(29)14-17)28-11-9-27(10-12-28)16-18-6-7-21(30-2)19(24)13-18;/h5-8,13-14,29H,4,9-12,15-16H2,1-3H3,(H,25,26);1H. The number of hydrogen-bond acceptors (Lipinski definition) is 5. The van der Waals surface area contributed by atoms with Crippen LogP contribution in [-0.2, 0) is 13.1 Å². The van der Waals surface area contributed by atoms with Gasteiger partial charge in [0.15, 0.2) is 29.0 Å². The van der Waals surface area contributed by atoms with Crippen LogP contribution in [0.4, 0.5) is 4.39 Å². The largest absolute Gasteiger partial charge is 0.504 e. The zero-order valence-corrected chi connectivity index (χ0v) is 21.1. The Morgan fingerprint density at radius 3 is 2.28 bits per heavy atom. The van der Waals surface area contributed by atoms with Crippen LogP contribution in [0.15, 0.2) is 41.4 Å². The molecule has 2 N–H and O–H groups in total. The summed E-state index contributed by atoms with van der Waals surface area (Å²) in [5.74, 6) is 1.36. The molecule has 1 saturated heterocycles. The van der Waals surface area contributed by atoms with E-state index in [2.05, 4.69) is 15.1 Å². The number of nitrogens with one attached hydrogen (secondary N) is 1. The minimum atomic E-state index is -0.329. The van der Waals surface area contributed by atoms with Crippen LogP contribution < -0.4 is 14.8 Å². The molecule has 1 heterocycles. The zero-order valence-electron chi connectivity index (χ0n) is 18.8. The van der Waals surface area contributed by atoms with Crippen LogP contribution in [0.1, 0.15) is 18.1 Å². The summed E-state index contributed by atoms with van der Waals surface area (Å²) in [5.41, 5.74) is 1.85. The van der Waals surface area contributed by atoms with E-state index in [0.717, 1.165) is 49.8 Å². The van der Waals surface area contributed by atoms with Gasteiger partial charge in [-0.05, 0) is 42.3 Å². The van der Waals surface area contributed by atoms with E-state index in [1.165, 1.54) is 14.2 Å². The molecule has 1 fully saturated rings. The van der Waals surface area contributed by atoms with Gasteiger partial charge in [-0.15, -0.1) is 24.0 Å². The van der Waals surface area contributed by atoms with E-state index in [1.54, 1.807) is 24.3 Å². The number of aliphatic imine (C=N–C) groups is 1. The predicted octanol–water partition coefficient (Wildman–Crippen LogP) is 3.45. The van der Waals surface area contributed by atoms with Gasteiger partial charge < -0.3 is 24.8 Å². The Bertz CT molecular complexity index is 905. The van der Waals surface area contributed by atoms with E-state index in [9.17, 15) is 9.50 Å². The van der Waals surface area contributed by atoms with Gasteiger partial charge in [0, 0.05) is 39.3 Å². The highest BCUT2D eigenvalue weighted by molar-refractivity contribution is 14.0. The van der Waals surface area contributed by atoms with Crippen molar-refractivity contribution >= 4 is 29.9 Å². The van der Waals surface area contributed by atoms with Gasteiger partial charge in [0.25, 0.3) is 0 Å². The summed E-state index contributed by atoms with van der Waals surface area (Å²) in [5, 5.41) is 13.3. The molecule has 2 aromatic carbocycles. The smallest absolute Gasteiger partial charge is 0.194 e. The topological polar surface area (TPSA) is 69.6 Å². The van der Waals surface area contributed by atoms with E-state index in [1.807, 2.05) is 19.1 Å². The van der Waals surface area contributed by atoms with Gasteiger partial charge in [0.2, 0.25) is 0 Å². The Labute approximate surface area is 206 Å². The van der Waals surface area contributed by atoms with E-state index in [0.29, 0.717) is 18.8 Å². The molecule has 0 bridgehead atoms. The number of guanidine groups is 1. The summed E-state index contributed by atoms with van der Waals surface area (Å²) in [6, 6.07) is 10.4. The van der Waals surface area contributed by atoms with Crippen LogP contribution in [0.2, 0.25) is 0 Å². The van der Waals surface area contributed by atoms with E-state index in [4.69, 9.17) is 14.5 Å². The third kappa shape index (κ3) is 6.86. The van der Waals surface area contributed by atoms with E-state index in [-0.39, 0.29) is 41.3 Å². The molecule has 0 saturated carbocycles. The highest BCUT2D eigenvalue weighted by Gasteiger charge is 2.20. The molecule has 0 atom stereocenters. The normalized spacial score (nSPS) is 14.6. The van der Waals surface area contributed by atoms with Crippen molar-refractivity contribution in [1.29, 1.82) is 0 Å². The number of phenols is 1. The second-order valence-electron chi connectivity index (χ2n) is 7.41. The molecule has 176 valence electrons. The molecule has 1 aliphatic rings. The zero-order chi connectivity index (χ0) is 22.2. The number of nitrogens with zero attached hydrogens (tertiary/aromatic N) is 3. The van der Waals surface area contributed by atoms with E-state index < -0.39 is 0 Å². The predicted molar refractivity (Wildman–Crippen MR) is 135 cm³/mol. The van der Waals surface area contributed by atoms with Crippen LogP contribution in [0.3, 0.4) is 0 Å². The summed E-state index contributed by atoms with van der Waals surface area (Å²) in [4.78, 5) is 9.28. The lowest BCUT2D eigenvalue weighted by molar-refractivity contribution is 0.172. The molecule has 2 aromatic rings. The SMILES string of the molecule is CCNC(=NCc1ccc(OC)c(O)c1)N1CCN(Cc2ccc(OC)c(F)c2)CC1.I. The fraction of sp³-hybridized carbons (Fsp3) is 0.435. The molecule has 0 radical (unpaired) electrons. The number of aromatic hydroxyl groups is 1. The molecule has 7 nitrogen and oxygen atoms in total. The van der Waals surface area contributed by atoms with Gasteiger partial charge in [-0.25, -0.2) is 9.38 Å². The molecule has 3 rings (SSSR count). The molecule has 9 heteroatoms. The van der Waals surface area contributed by atoms with E-state index >= 15 is 0 Å². The molecule has 0 amide bonds. The third-order valence-electron chi connectivity index (χ3n) is 5.28. The summed E-state index contributed by atoms with van der Waals surface area (Å²) in [6.45, 7) is 7.37. The number of methoxy groups -OCH3 is 2. The summed E-state index contributed by atoms with van der Waals surface area (Å²) >= 11 is 0. The first kappa shape index (κ1) is 26.0. The number of phenolic OH excluding ortho intramolecular Hbond substituents is 1. The van der Waals surface area contributed by atoms with Crippen molar-refractivity contribution < 1.29 is 19.0 Å². The molecule has 0 aliphatic carbocycles. The molecular weight excluding hydrogens is 526 g/mol. The molecule has 0 aromatic heterocycles. The minimum Gasteiger partial charge on any atom is -0.504 e. The van der Waals surface area contributed by atoms with Crippen molar-refractivity contribution in [3.8, 4) is 17.2 Å². The van der Waals surface area contributed by atoms with Crippen LogP contribution in [0.25, 0.3) is 0 Å². The highest BCUT2D eigenvalue weighted by Crippen LogP contribution is 2.26. The minimum absolute atomic E-state index is 0. The van der Waals surface area contributed by atoms with Crippen LogP contribution >= 0.6 is 24.0 Å². The number of ether oxygens (including phenoxy) is 2. The Hall–Kier alpha value is -2.27. The monoisotopic (exact) mass is 558 g/mol. The molecule has 0 unspecified atom stereocenters. The van der Waals surface area contributed by atoms with Crippen LogP contribution in [0.5, 0.6) is 17.2 Å². The van der Waals surface area contributed by atoms with Crippen molar-refractivity contribution in [2.45, 2.75) is 20.0 Å². The molecule has 1 aliphatic heterocycles. The fourth-order valence-corrected chi connectivity index (χ4v) is 3.61. The van der Waals surface area contributed by atoms with Gasteiger partial charge in [-0.2, -0.15) is 0 Å². The molecule has 0 spiro atoms. The van der Waals surface area contributed by atoms with Gasteiger partial charge in [-0.1, -0.05) is 12.1 Å². The average Bonchev–Trinajstić information content (AvgIpc) is 2.77. The number of halogens is 2. The third-order valence-corrected chi connectivity index (χ3v) is 5.28. The van der Waals surface area contributed by atoms with Crippen molar-refractivity contribution in [1.82, 2.24) is 15.1 Å². The van der Waals surface area contributed by atoms with Crippen LogP contribution in [0, 0.1) is 5.82 Å². The number of piperazine rings is 1. The summed E-state index contributed by atoms with van der Waals surface area (Å²) in [6.07, 6.45) is 0. The lowest BCUT2D eigenvalue weighted by atomic mass is 10.2. The summed E-state index contributed by atoms with van der Waals surface area (Å²) < 4.78 is 24.0. The number of rotatable bonds is 7. The first-order chi connectivity index (χ1) is 15.0. The highest BCUT2D eigenvalue weighted by atomic mass is 127. The molecular formula is C23H32FIN4O3. The maximum atomic E-state index is 14.0. The lowest BCUT2D eigenvalue weighted by Crippen LogP contribution is -2.52. The Kier molecular flexibility index (Phi) is 10.3. The van der Waals surface area contributed by atoms with Crippen molar-refractivity contribution in [3.63, 3.8) is 0 Å². The van der Waals surface area contributed by atoms with Gasteiger partial charge in [0.1, 0.15) is 0 Å². The van der Waals surface area contributed by atoms with Crippen molar-refractivity contribution in [3.05, 3.63) is 53.3 Å². The average molecular weight is 558 g/mol. The first-order valence-corrected chi connectivity index (χ1v) is 10.5. The van der Waals surface area contributed by atoms with Gasteiger partial charge in [0.05, 0.1) is 20.8 Å². The maximum Gasteiger partial charge on any atom is 0.194 e. The summed E-state index contributed by atoms with van der Waals surface area (Å²) in [7, 11) is 3.00. The maximum absolute atomic E-state index is 14.0. The van der Waals surface area contributed by atoms with Crippen molar-refractivity contribution in [2.75, 3.05) is 46.9 Å². The number of hydrogen-bond donors (Lipinski definition) is 2.